The molecule has 8 nitrogen and oxygen atoms in total. The van der Waals surface area contributed by atoms with E-state index in [4.69, 9.17) is 4.74 Å². The third-order valence-corrected chi connectivity index (χ3v) is 6.56. The lowest BCUT2D eigenvalue weighted by Crippen LogP contribution is -2.66. The third kappa shape index (κ3) is 3.82. The number of aromatic nitrogens is 1. The Kier molecular flexibility index (Phi) is 5.88. The molecule has 2 aliphatic rings. The Morgan fingerprint density at radius 3 is 2.69 bits per heavy atom. The van der Waals surface area contributed by atoms with Crippen molar-refractivity contribution in [2.45, 2.75) is 57.7 Å². The number of aromatic amines is 1. The number of hydrogen-bond donors (Lipinski definition) is 2. The van der Waals surface area contributed by atoms with E-state index in [9.17, 15) is 14.4 Å². The first-order valence-electron chi connectivity index (χ1n) is 11.2. The molecular formula is C24H32N4O4. The minimum atomic E-state index is -0.677. The zero-order chi connectivity index (χ0) is 23.2. The molecule has 2 aromatic rings. The molecule has 0 radical (unpaired) electrons. The summed E-state index contributed by atoms with van der Waals surface area (Å²) in [6.07, 6.45) is 1.73. The molecule has 2 N–H and O–H groups in total. The first kappa shape index (κ1) is 22.2. The van der Waals surface area contributed by atoms with Crippen molar-refractivity contribution in [3.8, 4) is 5.75 Å². The van der Waals surface area contributed by atoms with Crippen LogP contribution in [0, 0.1) is 5.92 Å². The number of ether oxygens (including phenoxy) is 1. The Bertz CT molecular complexity index is 1060. The van der Waals surface area contributed by atoms with Crippen LogP contribution in [0.25, 0.3) is 10.9 Å². The van der Waals surface area contributed by atoms with Gasteiger partial charge in [-0.1, -0.05) is 13.8 Å². The fraction of sp³-hybridized carbons (Fsp3) is 0.542. The molecule has 3 atom stereocenters. The molecule has 2 aliphatic heterocycles. The van der Waals surface area contributed by atoms with Crippen molar-refractivity contribution in [3.63, 3.8) is 0 Å². The number of H-pyrrole nitrogens is 1. The van der Waals surface area contributed by atoms with Gasteiger partial charge in [-0.2, -0.15) is 0 Å². The lowest BCUT2D eigenvalue weighted by atomic mass is 9.85. The van der Waals surface area contributed by atoms with Gasteiger partial charge >= 0.3 is 0 Å². The van der Waals surface area contributed by atoms with Crippen LogP contribution in [0.1, 0.15) is 50.4 Å². The normalized spacial score (nSPS) is 22.6. The molecule has 0 saturated carbocycles. The van der Waals surface area contributed by atoms with Gasteiger partial charge in [-0.25, -0.2) is 0 Å². The quantitative estimate of drug-likeness (QED) is 0.721. The van der Waals surface area contributed by atoms with Gasteiger partial charge < -0.3 is 24.8 Å². The van der Waals surface area contributed by atoms with Gasteiger partial charge in [-0.3, -0.25) is 14.4 Å². The van der Waals surface area contributed by atoms with Gasteiger partial charge in [0.1, 0.15) is 17.8 Å². The number of benzene rings is 1. The third-order valence-electron chi connectivity index (χ3n) is 6.56. The summed E-state index contributed by atoms with van der Waals surface area (Å²) in [5.41, 5.74) is 3.05. The number of fused-ring (bicyclic) bond motifs is 4. The molecular weight excluding hydrogens is 408 g/mol. The minimum Gasteiger partial charge on any atom is -0.497 e. The van der Waals surface area contributed by atoms with E-state index >= 15 is 0 Å². The predicted molar refractivity (Wildman–Crippen MR) is 121 cm³/mol. The summed E-state index contributed by atoms with van der Waals surface area (Å²) in [6.45, 7) is 4.24. The highest BCUT2D eigenvalue weighted by Crippen LogP contribution is 2.42. The first-order chi connectivity index (χ1) is 15.2. The van der Waals surface area contributed by atoms with Gasteiger partial charge in [0.05, 0.1) is 13.2 Å². The van der Waals surface area contributed by atoms with Crippen LogP contribution in [0.15, 0.2) is 18.2 Å². The zero-order valence-corrected chi connectivity index (χ0v) is 19.4. The van der Waals surface area contributed by atoms with Crippen molar-refractivity contribution in [1.82, 2.24) is 20.1 Å². The van der Waals surface area contributed by atoms with Crippen LogP contribution in [0.2, 0.25) is 0 Å². The number of nitrogens with zero attached hydrogens (tertiary/aromatic N) is 2. The molecule has 0 bridgehead atoms. The summed E-state index contributed by atoms with van der Waals surface area (Å²) in [6, 6.07) is 4.46. The Morgan fingerprint density at radius 2 is 2.03 bits per heavy atom. The molecule has 4 rings (SSSR count). The van der Waals surface area contributed by atoms with Crippen molar-refractivity contribution in [2.75, 3.05) is 21.2 Å². The number of methoxy groups -OCH3 is 1. The van der Waals surface area contributed by atoms with Crippen molar-refractivity contribution in [2.24, 2.45) is 5.92 Å². The number of carbonyl (C=O) groups is 3. The largest absolute Gasteiger partial charge is 0.497 e. The van der Waals surface area contributed by atoms with Crippen molar-refractivity contribution in [1.29, 1.82) is 0 Å². The molecule has 0 unspecified atom stereocenters. The predicted octanol–water partition coefficient (Wildman–Crippen LogP) is 2.38. The first-order valence-corrected chi connectivity index (χ1v) is 11.2. The molecule has 0 aliphatic carbocycles. The molecule has 3 heterocycles. The van der Waals surface area contributed by atoms with E-state index in [0.29, 0.717) is 18.8 Å². The molecule has 0 spiro atoms. The van der Waals surface area contributed by atoms with E-state index in [2.05, 4.69) is 24.1 Å². The van der Waals surface area contributed by atoms with Crippen LogP contribution >= 0.6 is 0 Å². The lowest BCUT2D eigenvalue weighted by Gasteiger charge is -2.46. The maximum Gasteiger partial charge on any atom is 0.246 e. The van der Waals surface area contributed by atoms with Gasteiger partial charge in [-0.05, 0) is 36.5 Å². The topological polar surface area (TPSA) is 94.7 Å². The van der Waals surface area contributed by atoms with E-state index in [0.717, 1.165) is 34.3 Å². The minimum absolute atomic E-state index is 0.0570. The molecule has 1 aromatic carbocycles. The van der Waals surface area contributed by atoms with Crippen LogP contribution in [-0.2, 0) is 20.8 Å². The lowest BCUT2D eigenvalue weighted by molar-refractivity contribution is -0.154. The maximum atomic E-state index is 13.6. The molecule has 1 aromatic heterocycles. The van der Waals surface area contributed by atoms with Gasteiger partial charge in [-0.15, -0.1) is 0 Å². The highest BCUT2D eigenvalue weighted by molar-refractivity contribution is 5.99. The van der Waals surface area contributed by atoms with Crippen LogP contribution in [-0.4, -0.2) is 65.8 Å². The van der Waals surface area contributed by atoms with Crippen molar-refractivity contribution >= 4 is 28.6 Å². The number of piperazine rings is 1. The smallest absolute Gasteiger partial charge is 0.246 e. The number of amides is 3. The summed E-state index contributed by atoms with van der Waals surface area (Å²) in [4.78, 5) is 45.6. The Morgan fingerprint density at radius 1 is 1.28 bits per heavy atom. The van der Waals surface area contributed by atoms with Crippen molar-refractivity contribution < 1.29 is 19.1 Å². The van der Waals surface area contributed by atoms with Crippen LogP contribution in [0.3, 0.4) is 0 Å². The summed E-state index contributed by atoms with van der Waals surface area (Å²) >= 11 is 0. The average Bonchev–Trinajstić information content (AvgIpc) is 3.12. The van der Waals surface area contributed by atoms with E-state index in [-0.39, 0.29) is 30.2 Å². The van der Waals surface area contributed by atoms with E-state index in [1.165, 1.54) is 4.90 Å². The number of hydrogen-bond acceptors (Lipinski definition) is 4. The molecule has 172 valence electrons. The zero-order valence-electron chi connectivity index (χ0n) is 19.4. The van der Waals surface area contributed by atoms with E-state index < -0.39 is 12.1 Å². The average molecular weight is 441 g/mol. The fourth-order valence-electron chi connectivity index (χ4n) is 4.94. The summed E-state index contributed by atoms with van der Waals surface area (Å²) < 4.78 is 5.37. The summed E-state index contributed by atoms with van der Waals surface area (Å²) in [7, 11) is 5.01. The Balaban J connectivity index is 1.72. The molecule has 3 amide bonds. The molecule has 1 fully saturated rings. The Labute approximate surface area is 188 Å². The Hall–Kier alpha value is -3.03. The number of nitrogens with one attached hydrogen (secondary N) is 2. The fourth-order valence-corrected chi connectivity index (χ4v) is 4.94. The van der Waals surface area contributed by atoms with Gasteiger partial charge in [0.15, 0.2) is 0 Å². The monoisotopic (exact) mass is 440 g/mol. The van der Waals surface area contributed by atoms with Gasteiger partial charge in [0.25, 0.3) is 0 Å². The number of rotatable bonds is 6. The van der Waals surface area contributed by atoms with E-state index in [1.54, 1.807) is 26.1 Å². The van der Waals surface area contributed by atoms with Gasteiger partial charge in [0, 0.05) is 49.6 Å². The van der Waals surface area contributed by atoms with Crippen molar-refractivity contribution in [3.05, 3.63) is 29.5 Å². The molecule has 8 heteroatoms. The second kappa shape index (κ2) is 8.48. The molecule has 1 saturated heterocycles. The second-order valence-electron chi connectivity index (χ2n) is 9.43. The highest BCUT2D eigenvalue weighted by Gasteiger charge is 2.48. The van der Waals surface area contributed by atoms with E-state index in [1.807, 2.05) is 18.2 Å². The summed E-state index contributed by atoms with van der Waals surface area (Å²) in [5.74, 6) is 0.786. The second-order valence-corrected chi connectivity index (χ2v) is 9.43. The molecule has 32 heavy (non-hydrogen) atoms. The van der Waals surface area contributed by atoms with Gasteiger partial charge in [0.2, 0.25) is 17.7 Å². The standard InChI is InChI=1S/C24H32N4O4/c1-13(2)10-19-22-16(15-7-6-14(32-5)11-18(15)25-22)12-20-23(30)26-17(24(31)28(19)20)8-9-21(29)27(3)4/h6-7,11,13,17,19-20,25H,8-10,12H2,1-5H3,(H,26,30)/t17-,19-,20-/m0/s1. The SMILES string of the molecule is COc1ccc2c3c([nH]c2c1)[C@H](CC(C)C)N1C(=O)[C@H](CCC(=O)N(C)C)NC(=O)[C@@H]1C3. The van der Waals surface area contributed by atoms with Crippen LogP contribution in [0.5, 0.6) is 5.75 Å². The van der Waals surface area contributed by atoms with Crippen LogP contribution in [0.4, 0.5) is 0 Å². The van der Waals surface area contributed by atoms with Crippen LogP contribution < -0.4 is 10.1 Å². The number of carbonyl (C=O) groups excluding carboxylic acids is 3. The highest BCUT2D eigenvalue weighted by atomic mass is 16.5. The summed E-state index contributed by atoms with van der Waals surface area (Å²) in [5, 5.41) is 3.95. The maximum absolute atomic E-state index is 13.6.